The molecule has 0 saturated heterocycles. The number of nitrogens with one attached hydrogen (secondary N) is 1. The summed E-state index contributed by atoms with van der Waals surface area (Å²) in [5.41, 5.74) is -0.0287. The Kier molecular flexibility index (Phi) is 5.78. The highest BCUT2D eigenvalue weighted by Gasteiger charge is 2.23. The van der Waals surface area contributed by atoms with Crippen LogP contribution in [0, 0.1) is 0 Å². The number of hydrogen-bond donors (Lipinski definition) is 1. The predicted octanol–water partition coefficient (Wildman–Crippen LogP) is 2.92. The predicted molar refractivity (Wildman–Crippen MR) is 83.5 cm³/mol. The lowest BCUT2D eigenvalue weighted by Crippen LogP contribution is -2.46. The van der Waals surface area contributed by atoms with Crippen molar-refractivity contribution in [3.05, 3.63) is 28.2 Å². The lowest BCUT2D eigenvalue weighted by Gasteiger charge is -2.23. The van der Waals surface area contributed by atoms with Gasteiger partial charge in [0.15, 0.2) is 6.10 Å². The Balaban J connectivity index is 2.72. The molecule has 6 heteroatoms. The molecule has 0 spiro atoms. The van der Waals surface area contributed by atoms with Gasteiger partial charge in [-0.3, -0.25) is 4.79 Å². The Morgan fingerprint density at radius 3 is 2.38 bits per heavy atom. The van der Waals surface area contributed by atoms with Crippen LogP contribution in [0.3, 0.4) is 0 Å². The highest BCUT2D eigenvalue weighted by molar-refractivity contribution is 9.10. The number of esters is 1. The van der Waals surface area contributed by atoms with Gasteiger partial charge in [0.05, 0.1) is 17.1 Å². The molecule has 0 aliphatic carbocycles. The van der Waals surface area contributed by atoms with Gasteiger partial charge in [-0.1, -0.05) is 0 Å². The van der Waals surface area contributed by atoms with Crippen LogP contribution in [0.1, 0.15) is 38.1 Å². The second-order valence-corrected chi connectivity index (χ2v) is 6.49. The van der Waals surface area contributed by atoms with E-state index in [1.54, 1.807) is 18.2 Å². The minimum absolute atomic E-state index is 0.330. The molecule has 0 aliphatic heterocycles. The molecule has 0 aromatic heterocycles. The van der Waals surface area contributed by atoms with Crippen LogP contribution in [-0.4, -0.2) is 30.6 Å². The lowest BCUT2D eigenvalue weighted by molar-refractivity contribution is -0.130. The molecule has 0 heterocycles. The summed E-state index contributed by atoms with van der Waals surface area (Å²) in [5, 5.41) is 2.76. The van der Waals surface area contributed by atoms with Gasteiger partial charge < -0.3 is 14.8 Å². The van der Waals surface area contributed by atoms with Crippen molar-refractivity contribution < 1.29 is 19.1 Å². The number of halogens is 1. The topological polar surface area (TPSA) is 64.6 Å². The van der Waals surface area contributed by atoms with Crippen LogP contribution in [0.25, 0.3) is 0 Å². The third kappa shape index (κ3) is 5.38. The third-order valence-electron chi connectivity index (χ3n) is 2.54. The summed E-state index contributed by atoms with van der Waals surface area (Å²) < 4.78 is 10.9. The fraction of sp³-hybridized carbons (Fsp3) is 0.467. The van der Waals surface area contributed by atoms with E-state index in [4.69, 9.17) is 9.47 Å². The van der Waals surface area contributed by atoms with Gasteiger partial charge in [-0.25, -0.2) is 4.79 Å². The molecule has 0 fully saturated rings. The minimum atomic E-state index is -0.863. The van der Waals surface area contributed by atoms with Crippen LogP contribution in [0.5, 0.6) is 5.75 Å². The molecule has 21 heavy (non-hydrogen) atoms. The van der Waals surface area contributed by atoms with E-state index in [0.29, 0.717) is 15.8 Å². The number of ether oxygens (including phenoxy) is 2. The van der Waals surface area contributed by atoms with Crippen molar-refractivity contribution in [1.29, 1.82) is 0 Å². The van der Waals surface area contributed by atoms with Crippen molar-refractivity contribution in [1.82, 2.24) is 5.32 Å². The van der Waals surface area contributed by atoms with Crippen molar-refractivity contribution in [2.75, 3.05) is 7.11 Å². The van der Waals surface area contributed by atoms with Gasteiger partial charge in [0.25, 0.3) is 5.91 Å². The minimum Gasteiger partial charge on any atom is -0.496 e. The normalized spacial score (nSPS) is 12.5. The Morgan fingerprint density at radius 2 is 1.90 bits per heavy atom. The Hall–Kier alpha value is -1.56. The molecular formula is C15H20BrNO4. The summed E-state index contributed by atoms with van der Waals surface area (Å²) in [5.74, 6) is -0.275. The van der Waals surface area contributed by atoms with Gasteiger partial charge in [0.2, 0.25) is 0 Å². The molecule has 1 rings (SSSR count). The monoisotopic (exact) mass is 357 g/mol. The summed E-state index contributed by atoms with van der Waals surface area (Å²) in [6, 6.07) is 4.83. The molecule has 0 unspecified atom stereocenters. The number of amides is 1. The smallest absolute Gasteiger partial charge is 0.338 e. The van der Waals surface area contributed by atoms with E-state index in [1.165, 1.54) is 14.0 Å². The number of benzene rings is 1. The third-order valence-corrected chi connectivity index (χ3v) is 3.16. The van der Waals surface area contributed by atoms with Crippen LogP contribution in [0.15, 0.2) is 22.7 Å². The molecule has 1 aromatic carbocycles. The summed E-state index contributed by atoms with van der Waals surface area (Å²) in [7, 11) is 1.54. The summed E-state index contributed by atoms with van der Waals surface area (Å²) in [4.78, 5) is 23.9. The van der Waals surface area contributed by atoms with Crippen molar-refractivity contribution in [3.63, 3.8) is 0 Å². The number of methoxy groups -OCH3 is 1. The highest BCUT2D eigenvalue weighted by Crippen LogP contribution is 2.25. The Bertz CT molecular complexity index is 537. The van der Waals surface area contributed by atoms with Crippen LogP contribution in [-0.2, 0) is 9.53 Å². The zero-order valence-electron chi connectivity index (χ0n) is 12.8. The van der Waals surface area contributed by atoms with E-state index in [1.807, 2.05) is 20.8 Å². The summed E-state index contributed by atoms with van der Waals surface area (Å²) >= 11 is 3.30. The van der Waals surface area contributed by atoms with E-state index in [-0.39, 0.29) is 11.4 Å². The second-order valence-electron chi connectivity index (χ2n) is 5.64. The largest absolute Gasteiger partial charge is 0.496 e. The van der Waals surface area contributed by atoms with Crippen LogP contribution >= 0.6 is 15.9 Å². The fourth-order valence-electron chi connectivity index (χ4n) is 1.55. The fourth-order valence-corrected chi connectivity index (χ4v) is 2.09. The first-order valence-electron chi connectivity index (χ1n) is 6.50. The van der Waals surface area contributed by atoms with Gasteiger partial charge in [0.1, 0.15) is 5.75 Å². The molecule has 5 nitrogen and oxygen atoms in total. The van der Waals surface area contributed by atoms with Gasteiger partial charge in [-0.05, 0) is 61.8 Å². The highest BCUT2D eigenvalue weighted by atomic mass is 79.9. The average Bonchev–Trinajstić information content (AvgIpc) is 2.36. The molecule has 116 valence electrons. The maximum Gasteiger partial charge on any atom is 0.338 e. The number of rotatable bonds is 4. The first-order chi connectivity index (χ1) is 9.64. The Morgan fingerprint density at radius 1 is 1.29 bits per heavy atom. The Labute approximate surface area is 133 Å². The van der Waals surface area contributed by atoms with E-state index in [9.17, 15) is 9.59 Å². The lowest BCUT2D eigenvalue weighted by atomic mass is 10.1. The van der Waals surface area contributed by atoms with E-state index >= 15 is 0 Å². The van der Waals surface area contributed by atoms with Crippen molar-refractivity contribution >= 4 is 27.8 Å². The van der Waals surface area contributed by atoms with Crippen molar-refractivity contribution in [3.8, 4) is 5.75 Å². The van der Waals surface area contributed by atoms with Crippen LogP contribution in [0.4, 0.5) is 0 Å². The van der Waals surface area contributed by atoms with E-state index in [2.05, 4.69) is 21.2 Å². The molecule has 0 aliphatic rings. The zero-order valence-corrected chi connectivity index (χ0v) is 14.4. The van der Waals surface area contributed by atoms with E-state index < -0.39 is 12.1 Å². The maximum atomic E-state index is 12.0. The number of carbonyl (C=O) groups excluding carboxylic acids is 2. The first kappa shape index (κ1) is 17.5. The second kappa shape index (κ2) is 6.93. The SMILES string of the molecule is COc1ccc(C(=O)O[C@H](C)C(=O)NC(C)(C)C)cc1Br. The molecule has 0 radical (unpaired) electrons. The standard InChI is InChI=1S/C15H20BrNO4/c1-9(13(18)17-15(2,3)4)21-14(19)10-6-7-12(20-5)11(16)8-10/h6-9H,1-5H3,(H,17,18)/t9-/m1/s1. The van der Waals surface area contributed by atoms with Crippen molar-refractivity contribution in [2.45, 2.75) is 39.3 Å². The van der Waals surface area contributed by atoms with Crippen LogP contribution in [0.2, 0.25) is 0 Å². The number of hydrogen-bond acceptors (Lipinski definition) is 4. The molecule has 1 atom stereocenters. The number of carbonyl (C=O) groups is 2. The van der Waals surface area contributed by atoms with Gasteiger partial charge in [0, 0.05) is 5.54 Å². The first-order valence-corrected chi connectivity index (χ1v) is 7.30. The van der Waals surface area contributed by atoms with Crippen LogP contribution < -0.4 is 10.1 Å². The zero-order chi connectivity index (χ0) is 16.2. The maximum absolute atomic E-state index is 12.0. The molecule has 1 aromatic rings. The summed E-state index contributed by atoms with van der Waals surface area (Å²) in [6.07, 6.45) is -0.863. The summed E-state index contributed by atoms with van der Waals surface area (Å²) in [6.45, 7) is 7.12. The molecule has 0 bridgehead atoms. The van der Waals surface area contributed by atoms with E-state index in [0.717, 1.165) is 0 Å². The van der Waals surface area contributed by atoms with Gasteiger partial charge in [-0.2, -0.15) is 0 Å². The van der Waals surface area contributed by atoms with Crippen molar-refractivity contribution in [2.24, 2.45) is 0 Å². The molecule has 0 saturated carbocycles. The van der Waals surface area contributed by atoms with Gasteiger partial charge in [-0.15, -0.1) is 0 Å². The molecule has 1 N–H and O–H groups in total. The molecular weight excluding hydrogens is 338 g/mol. The van der Waals surface area contributed by atoms with Gasteiger partial charge >= 0.3 is 5.97 Å². The average molecular weight is 358 g/mol. The quantitative estimate of drug-likeness (QED) is 0.841. The molecule has 1 amide bonds.